The number of nitrogens with zero attached hydrogens (tertiary/aromatic N) is 4. The molecule has 1 saturated heterocycles. The number of amides is 1. The van der Waals surface area contributed by atoms with E-state index in [0.29, 0.717) is 53.5 Å². The van der Waals surface area contributed by atoms with Crippen LogP contribution in [0.1, 0.15) is 34.8 Å². The first-order valence-corrected chi connectivity index (χ1v) is 10.6. The Morgan fingerprint density at radius 2 is 1.77 bits per heavy atom. The molecule has 0 bridgehead atoms. The number of rotatable bonds is 4. The Bertz CT molecular complexity index is 1040. The zero-order valence-electron chi connectivity index (χ0n) is 16.8. The van der Waals surface area contributed by atoms with Crippen LogP contribution < -0.4 is 0 Å². The maximum Gasteiger partial charge on any atom is 0.255 e. The van der Waals surface area contributed by atoms with E-state index in [1.807, 2.05) is 38.1 Å². The van der Waals surface area contributed by atoms with Crippen molar-refractivity contribution in [2.45, 2.75) is 19.9 Å². The molecule has 1 aliphatic heterocycles. The van der Waals surface area contributed by atoms with Crippen molar-refractivity contribution in [3.05, 3.63) is 69.5 Å². The molecule has 0 N–H and O–H groups in total. The van der Waals surface area contributed by atoms with Crippen molar-refractivity contribution in [1.29, 1.82) is 0 Å². The van der Waals surface area contributed by atoms with Gasteiger partial charge in [0.25, 0.3) is 5.91 Å². The summed E-state index contributed by atoms with van der Waals surface area (Å²) in [5, 5.41) is 4.81. The summed E-state index contributed by atoms with van der Waals surface area (Å²) in [4.78, 5) is 21.4. The lowest BCUT2D eigenvalue weighted by molar-refractivity contribution is 0.0552. The molecule has 0 aliphatic carbocycles. The summed E-state index contributed by atoms with van der Waals surface area (Å²) in [5.41, 5.74) is 2.55. The summed E-state index contributed by atoms with van der Waals surface area (Å²) < 4.78 is 5.52. The lowest BCUT2D eigenvalue weighted by atomic mass is 10.1. The topological polar surface area (TPSA) is 62.5 Å². The first kappa shape index (κ1) is 20.8. The predicted octanol–water partition coefficient (Wildman–Crippen LogP) is 4.87. The second-order valence-electron chi connectivity index (χ2n) is 7.43. The van der Waals surface area contributed by atoms with Crippen LogP contribution in [-0.4, -0.2) is 52.0 Å². The fourth-order valence-electron chi connectivity index (χ4n) is 3.53. The van der Waals surface area contributed by atoms with Crippen molar-refractivity contribution < 1.29 is 9.32 Å². The van der Waals surface area contributed by atoms with E-state index in [1.165, 1.54) is 5.56 Å². The van der Waals surface area contributed by atoms with E-state index in [2.05, 4.69) is 15.0 Å². The van der Waals surface area contributed by atoms with Crippen molar-refractivity contribution >= 4 is 29.1 Å². The third kappa shape index (κ3) is 4.21. The van der Waals surface area contributed by atoms with Gasteiger partial charge in [0, 0.05) is 31.7 Å². The molecule has 1 unspecified atom stereocenters. The van der Waals surface area contributed by atoms with Crippen molar-refractivity contribution in [2.75, 3.05) is 26.2 Å². The van der Waals surface area contributed by atoms with Gasteiger partial charge in [-0.15, -0.1) is 0 Å². The Morgan fingerprint density at radius 1 is 1.07 bits per heavy atom. The minimum absolute atomic E-state index is 0.0382. The van der Waals surface area contributed by atoms with Crippen LogP contribution in [0.3, 0.4) is 0 Å². The van der Waals surface area contributed by atoms with Gasteiger partial charge in [0.2, 0.25) is 11.7 Å². The van der Waals surface area contributed by atoms with Gasteiger partial charge in [0.1, 0.15) is 0 Å². The number of carbonyl (C=O) groups is 1. The van der Waals surface area contributed by atoms with Crippen LogP contribution in [0.25, 0.3) is 11.4 Å². The summed E-state index contributed by atoms with van der Waals surface area (Å²) in [6, 6.07) is 13.1. The van der Waals surface area contributed by atoms with Gasteiger partial charge in [-0.25, -0.2) is 0 Å². The number of hydrogen-bond acceptors (Lipinski definition) is 5. The molecule has 8 heteroatoms. The molecule has 2 aromatic carbocycles. The lowest BCUT2D eigenvalue weighted by Gasteiger charge is -2.37. The highest BCUT2D eigenvalue weighted by molar-refractivity contribution is 6.43. The number of benzene rings is 2. The minimum Gasteiger partial charge on any atom is -0.337 e. The van der Waals surface area contributed by atoms with Gasteiger partial charge in [-0.05, 0) is 26.0 Å². The SMILES string of the molecule is Cc1ccc(-c2noc(C(C)N3CCN(C(=O)c4cccc(Cl)c4Cl)CC3)n2)cc1. The van der Waals surface area contributed by atoms with Gasteiger partial charge >= 0.3 is 0 Å². The van der Waals surface area contributed by atoms with Crippen molar-refractivity contribution in [3.8, 4) is 11.4 Å². The summed E-state index contributed by atoms with van der Waals surface area (Å²) in [6.07, 6.45) is 0. The highest BCUT2D eigenvalue weighted by Crippen LogP contribution is 2.28. The second-order valence-corrected chi connectivity index (χ2v) is 8.21. The van der Waals surface area contributed by atoms with E-state index < -0.39 is 0 Å². The van der Waals surface area contributed by atoms with Crippen LogP contribution in [0.15, 0.2) is 47.0 Å². The largest absolute Gasteiger partial charge is 0.337 e. The summed E-state index contributed by atoms with van der Waals surface area (Å²) in [6.45, 7) is 6.66. The zero-order chi connectivity index (χ0) is 21.3. The molecule has 30 heavy (non-hydrogen) atoms. The molecule has 0 radical (unpaired) electrons. The Balaban J connectivity index is 1.40. The second kappa shape index (κ2) is 8.76. The van der Waals surface area contributed by atoms with Crippen LogP contribution in [0.2, 0.25) is 10.0 Å². The molecular formula is C22H22Cl2N4O2. The van der Waals surface area contributed by atoms with Crippen molar-refractivity contribution in [1.82, 2.24) is 19.9 Å². The molecule has 6 nitrogen and oxygen atoms in total. The number of carbonyl (C=O) groups excluding carboxylic acids is 1. The molecule has 1 atom stereocenters. The average molecular weight is 445 g/mol. The van der Waals surface area contributed by atoms with E-state index in [0.717, 1.165) is 5.56 Å². The van der Waals surface area contributed by atoms with E-state index in [1.54, 1.807) is 23.1 Å². The number of piperazine rings is 1. The van der Waals surface area contributed by atoms with Crippen molar-refractivity contribution in [2.24, 2.45) is 0 Å². The molecule has 1 aromatic heterocycles. The molecule has 0 spiro atoms. The third-order valence-electron chi connectivity index (χ3n) is 5.44. The van der Waals surface area contributed by atoms with Gasteiger partial charge in [-0.2, -0.15) is 4.98 Å². The standard InChI is InChI=1S/C22H22Cl2N4O2/c1-14-6-8-16(9-7-14)20-25-21(30-26-20)15(2)27-10-12-28(13-11-27)22(29)17-4-3-5-18(23)19(17)24/h3-9,15H,10-13H2,1-2H3. The molecule has 4 rings (SSSR count). The normalized spacial score (nSPS) is 15.9. The van der Waals surface area contributed by atoms with Gasteiger partial charge < -0.3 is 9.42 Å². The molecule has 3 aromatic rings. The molecule has 156 valence electrons. The van der Waals surface area contributed by atoms with Crippen LogP contribution in [0.4, 0.5) is 0 Å². The van der Waals surface area contributed by atoms with Crippen molar-refractivity contribution in [3.63, 3.8) is 0 Å². The zero-order valence-corrected chi connectivity index (χ0v) is 18.3. The van der Waals surface area contributed by atoms with Gasteiger partial charge in [-0.3, -0.25) is 9.69 Å². The Kier molecular flexibility index (Phi) is 6.09. The lowest BCUT2D eigenvalue weighted by Crippen LogP contribution is -2.49. The first-order chi connectivity index (χ1) is 14.4. The number of hydrogen-bond donors (Lipinski definition) is 0. The number of aromatic nitrogens is 2. The molecule has 2 heterocycles. The number of aryl methyl sites for hydroxylation is 1. The smallest absolute Gasteiger partial charge is 0.255 e. The van der Waals surface area contributed by atoms with Gasteiger partial charge in [0.05, 0.1) is 21.7 Å². The van der Waals surface area contributed by atoms with Gasteiger partial charge in [0.15, 0.2) is 0 Å². The maximum absolute atomic E-state index is 12.8. The Labute approximate surface area is 185 Å². The predicted molar refractivity (Wildman–Crippen MR) is 117 cm³/mol. The van der Waals surface area contributed by atoms with Gasteiger partial charge in [-0.1, -0.05) is 64.3 Å². The summed E-state index contributed by atoms with van der Waals surface area (Å²) in [7, 11) is 0. The highest BCUT2D eigenvalue weighted by Gasteiger charge is 2.29. The minimum atomic E-state index is -0.103. The molecule has 1 fully saturated rings. The Morgan fingerprint density at radius 3 is 2.47 bits per heavy atom. The van der Waals surface area contributed by atoms with E-state index in [4.69, 9.17) is 27.7 Å². The maximum atomic E-state index is 12.8. The van der Waals surface area contributed by atoms with E-state index >= 15 is 0 Å². The quantitative estimate of drug-likeness (QED) is 0.574. The van der Waals surface area contributed by atoms with Crippen LogP contribution in [-0.2, 0) is 0 Å². The first-order valence-electron chi connectivity index (χ1n) is 9.82. The Hall–Kier alpha value is -2.41. The summed E-state index contributed by atoms with van der Waals surface area (Å²) >= 11 is 12.3. The average Bonchev–Trinajstić information content (AvgIpc) is 3.25. The molecular weight excluding hydrogens is 423 g/mol. The number of halogens is 2. The fraction of sp³-hybridized carbons (Fsp3) is 0.318. The van der Waals surface area contributed by atoms with Crippen LogP contribution in [0.5, 0.6) is 0 Å². The van der Waals surface area contributed by atoms with Crippen LogP contribution in [0, 0.1) is 6.92 Å². The van der Waals surface area contributed by atoms with E-state index in [9.17, 15) is 4.79 Å². The fourth-order valence-corrected chi connectivity index (χ4v) is 3.91. The van der Waals surface area contributed by atoms with E-state index in [-0.39, 0.29) is 11.9 Å². The van der Waals surface area contributed by atoms with Crippen LogP contribution >= 0.6 is 23.2 Å². The molecule has 0 saturated carbocycles. The highest BCUT2D eigenvalue weighted by atomic mass is 35.5. The molecule has 1 aliphatic rings. The monoisotopic (exact) mass is 444 g/mol. The third-order valence-corrected chi connectivity index (χ3v) is 6.26. The summed E-state index contributed by atoms with van der Waals surface area (Å²) in [5.74, 6) is 1.05. The molecule has 1 amide bonds.